The van der Waals surface area contributed by atoms with Crippen LogP contribution in [0.1, 0.15) is 23.2 Å². The number of benzene rings is 1. The Bertz CT molecular complexity index is 849. The molecule has 138 valence electrons. The molecule has 0 aliphatic carbocycles. The van der Waals surface area contributed by atoms with E-state index in [1.165, 1.54) is 20.8 Å². The molecule has 0 unspecified atom stereocenters. The summed E-state index contributed by atoms with van der Waals surface area (Å²) < 4.78 is 2.31. The quantitative estimate of drug-likeness (QED) is 0.363. The van der Waals surface area contributed by atoms with Crippen molar-refractivity contribution in [3.8, 4) is 0 Å². The Morgan fingerprint density at radius 3 is 2.85 bits per heavy atom. The number of nitrogens with zero attached hydrogens (tertiary/aromatic N) is 3. The second-order valence-corrected chi connectivity index (χ2v) is 7.37. The van der Waals surface area contributed by atoms with E-state index in [0.29, 0.717) is 0 Å². The van der Waals surface area contributed by atoms with Crippen LogP contribution in [-0.2, 0) is 19.4 Å². The zero-order chi connectivity index (χ0) is 18.2. The van der Waals surface area contributed by atoms with Crippen LogP contribution in [0.5, 0.6) is 0 Å². The molecule has 6 heteroatoms. The highest BCUT2D eigenvalue weighted by atomic mass is 32.1. The molecule has 2 N–H and O–H groups in total. The summed E-state index contributed by atoms with van der Waals surface area (Å²) in [6.07, 6.45) is 7.19. The monoisotopic (exact) mass is 369 g/mol. The van der Waals surface area contributed by atoms with Gasteiger partial charge in [0.15, 0.2) is 5.96 Å². The minimum atomic E-state index is 0.846. The van der Waals surface area contributed by atoms with E-state index in [9.17, 15) is 0 Å². The third-order valence-electron chi connectivity index (χ3n) is 4.35. The maximum atomic E-state index is 4.45. The molecule has 2 aromatic heterocycles. The average Bonchev–Trinajstić information content (AvgIpc) is 3.30. The van der Waals surface area contributed by atoms with Gasteiger partial charge in [-0.2, -0.15) is 0 Å². The molecule has 0 saturated carbocycles. The molecule has 3 aromatic rings. The summed E-state index contributed by atoms with van der Waals surface area (Å²) in [5, 5.41) is 9.24. The van der Waals surface area contributed by atoms with Crippen LogP contribution in [0, 0.1) is 0 Å². The van der Waals surface area contributed by atoms with Crippen molar-refractivity contribution in [2.24, 2.45) is 4.99 Å². The number of rotatable bonds is 8. The summed E-state index contributed by atoms with van der Waals surface area (Å²) in [6, 6.07) is 10.7. The molecule has 0 spiro atoms. The van der Waals surface area contributed by atoms with E-state index in [1.54, 1.807) is 11.3 Å². The lowest BCUT2D eigenvalue weighted by Crippen LogP contribution is -2.38. The Hall–Kier alpha value is -2.34. The van der Waals surface area contributed by atoms with Crippen LogP contribution in [0.2, 0.25) is 0 Å². The van der Waals surface area contributed by atoms with Crippen LogP contribution in [0.25, 0.3) is 10.9 Å². The second kappa shape index (κ2) is 9.38. The van der Waals surface area contributed by atoms with Crippen molar-refractivity contribution in [2.45, 2.75) is 32.7 Å². The largest absolute Gasteiger partial charge is 0.356 e. The Kier molecular flexibility index (Phi) is 6.66. The maximum Gasteiger partial charge on any atom is 0.190 e. The van der Waals surface area contributed by atoms with Gasteiger partial charge in [-0.1, -0.05) is 25.1 Å². The highest BCUT2D eigenvalue weighted by molar-refractivity contribution is 7.11. The Morgan fingerprint density at radius 1 is 1.19 bits per heavy atom. The first-order valence-corrected chi connectivity index (χ1v) is 10.0. The molecule has 5 nitrogen and oxygen atoms in total. The van der Waals surface area contributed by atoms with Gasteiger partial charge >= 0.3 is 0 Å². The predicted octanol–water partition coefficient (Wildman–Crippen LogP) is 3.46. The van der Waals surface area contributed by atoms with Gasteiger partial charge in [-0.05, 0) is 30.4 Å². The van der Waals surface area contributed by atoms with E-state index < -0.39 is 0 Å². The molecule has 0 amide bonds. The fraction of sp³-hybridized carbons (Fsp3) is 0.400. The van der Waals surface area contributed by atoms with E-state index in [4.69, 9.17) is 0 Å². The van der Waals surface area contributed by atoms with E-state index >= 15 is 0 Å². The number of hydrogen-bond donors (Lipinski definition) is 2. The van der Waals surface area contributed by atoms with E-state index in [2.05, 4.69) is 68.6 Å². The number of guanidine groups is 1. The van der Waals surface area contributed by atoms with Gasteiger partial charge in [-0.25, -0.2) is 4.98 Å². The van der Waals surface area contributed by atoms with Gasteiger partial charge in [0.1, 0.15) is 0 Å². The lowest BCUT2D eigenvalue weighted by Gasteiger charge is -2.12. The number of thiazole rings is 1. The normalized spacial score (nSPS) is 11.8. The van der Waals surface area contributed by atoms with Gasteiger partial charge in [0.05, 0.1) is 5.01 Å². The van der Waals surface area contributed by atoms with Crippen molar-refractivity contribution in [1.29, 1.82) is 0 Å². The average molecular weight is 370 g/mol. The maximum absolute atomic E-state index is 4.45. The van der Waals surface area contributed by atoms with Gasteiger partial charge in [0.25, 0.3) is 0 Å². The molecule has 0 aliphatic rings. The van der Waals surface area contributed by atoms with Gasteiger partial charge in [0.2, 0.25) is 0 Å². The summed E-state index contributed by atoms with van der Waals surface area (Å²) in [5.74, 6) is 0.856. The number of aryl methyl sites for hydroxylation is 2. The molecule has 2 heterocycles. The number of para-hydroxylation sites is 1. The fourth-order valence-corrected chi connectivity index (χ4v) is 3.79. The number of aliphatic imine (C=N–C) groups is 1. The molecule has 0 saturated heterocycles. The second-order valence-electron chi connectivity index (χ2n) is 6.17. The minimum absolute atomic E-state index is 0.846. The van der Waals surface area contributed by atoms with Crippen molar-refractivity contribution in [2.75, 3.05) is 20.1 Å². The van der Waals surface area contributed by atoms with Crippen molar-refractivity contribution < 1.29 is 0 Å². The first-order valence-electron chi connectivity index (χ1n) is 9.22. The number of fused-ring (bicyclic) bond motifs is 1. The first-order chi connectivity index (χ1) is 12.8. The smallest absolute Gasteiger partial charge is 0.190 e. The minimum Gasteiger partial charge on any atom is -0.356 e. The topological polar surface area (TPSA) is 54.2 Å². The van der Waals surface area contributed by atoms with Crippen LogP contribution in [0.3, 0.4) is 0 Å². The first kappa shape index (κ1) is 18.5. The standard InChI is InChI=1S/C20H27N5S/c1-3-17-15-24-19(26-17)9-12-23-20(21-2)22-11-6-13-25-14-10-16-7-4-5-8-18(16)25/h4-5,7-8,10,14-15H,3,6,9,11-13H2,1-2H3,(H2,21,22,23). The molecule has 0 bridgehead atoms. The molecule has 3 rings (SSSR count). The number of hydrogen-bond acceptors (Lipinski definition) is 3. The summed E-state index contributed by atoms with van der Waals surface area (Å²) >= 11 is 1.80. The van der Waals surface area contributed by atoms with Crippen LogP contribution in [-0.4, -0.2) is 35.6 Å². The van der Waals surface area contributed by atoms with Gasteiger partial charge < -0.3 is 15.2 Å². The Balaban J connectivity index is 1.37. The lowest BCUT2D eigenvalue weighted by molar-refractivity contribution is 0.640. The van der Waals surface area contributed by atoms with Crippen molar-refractivity contribution >= 4 is 28.2 Å². The number of nitrogens with one attached hydrogen (secondary N) is 2. The zero-order valence-electron chi connectivity index (χ0n) is 15.5. The van der Waals surface area contributed by atoms with Crippen LogP contribution in [0.4, 0.5) is 0 Å². The highest BCUT2D eigenvalue weighted by Crippen LogP contribution is 2.15. The highest BCUT2D eigenvalue weighted by Gasteiger charge is 2.03. The lowest BCUT2D eigenvalue weighted by atomic mass is 10.2. The molecule has 0 radical (unpaired) electrons. The Labute approximate surface area is 159 Å². The molecule has 1 aromatic carbocycles. The number of aromatic nitrogens is 2. The van der Waals surface area contributed by atoms with Crippen LogP contribution in [0.15, 0.2) is 47.7 Å². The SMILES string of the molecule is CCc1cnc(CCNC(=NC)NCCCn2ccc3ccccc32)s1. The Morgan fingerprint density at radius 2 is 2.04 bits per heavy atom. The van der Waals surface area contributed by atoms with Crippen LogP contribution < -0.4 is 10.6 Å². The van der Waals surface area contributed by atoms with Crippen molar-refractivity contribution in [3.05, 3.63) is 52.6 Å². The van der Waals surface area contributed by atoms with Gasteiger partial charge in [0, 0.05) is 55.9 Å². The van der Waals surface area contributed by atoms with Gasteiger partial charge in [-0.15, -0.1) is 11.3 Å². The molecule has 0 atom stereocenters. The molecule has 0 fully saturated rings. The van der Waals surface area contributed by atoms with Crippen molar-refractivity contribution in [1.82, 2.24) is 20.2 Å². The van der Waals surface area contributed by atoms with Crippen LogP contribution >= 0.6 is 11.3 Å². The summed E-state index contributed by atoms with van der Waals surface area (Å²) in [6.45, 7) is 4.90. The molecular formula is C20H27N5S. The summed E-state index contributed by atoms with van der Waals surface area (Å²) in [5.41, 5.74) is 1.30. The third-order valence-corrected chi connectivity index (χ3v) is 5.55. The molecular weight excluding hydrogens is 342 g/mol. The fourth-order valence-electron chi connectivity index (χ4n) is 2.93. The third kappa shape index (κ3) is 4.85. The van der Waals surface area contributed by atoms with E-state index in [-0.39, 0.29) is 0 Å². The predicted molar refractivity (Wildman–Crippen MR) is 111 cm³/mol. The molecule has 0 aliphatic heterocycles. The molecule has 26 heavy (non-hydrogen) atoms. The van der Waals surface area contributed by atoms with Gasteiger partial charge in [-0.3, -0.25) is 4.99 Å². The summed E-state index contributed by atoms with van der Waals surface area (Å²) in [4.78, 5) is 10.1. The van der Waals surface area contributed by atoms with Crippen molar-refractivity contribution in [3.63, 3.8) is 0 Å². The van der Waals surface area contributed by atoms with E-state index in [1.807, 2.05) is 13.2 Å². The van der Waals surface area contributed by atoms with E-state index in [0.717, 1.165) is 44.9 Å². The summed E-state index contributed by atoms with van der Waals surface area (Å²) in [7, 11) is 1.81. The zero-order valence-corrected chi connectivity index (χ0v) is 16.4.